The minimum absolute atomic E-state index is 0.0975. The Kier molecular flexibility index (Phi) is 4.96. The first-order valence-electron chi connectivity index (χ1n) is 7.25. The molecule has 0 saturated heterocycles. The molecular weight excluding hydrogens is 248 g/mol. The number of rotatable bonds is 6. The van der Waals surface area contributed by atoms with E-state index in [0.717, 1.165) is 37.3 Å². The van der Waals surface area contributed by atoms with Crippen LogP contribution in [0.1, 0.15) is 44.2 Å². The fourth-order valence-corrected chi connectivity index (χ4v) is 2.09. The molecule has 108 valence electrons. The molecule has 0 aliphatic rings. The minimum Gasteiger partial charge on any atom is -0.448 e. The van der Waals surface area contributed by atoms with E-state index in [4.69, 9.17) is 4.42 Å². The molecule has 0 aliphatic carbocycles. The van der Waals surface area contributed by atoms with Crippen molar-refractivity contribution in [1.29, 1.82) is 0 Å². The summed E-state index contributed by atoms with van der Waals surface area (Å²) in [5, 5.41) is 3.45. The van der Waals surface area contributed by atoms with Gasteiger partial charge < -0.3 is 9.73 Å². The maximum Gasteiger partial charge on any atom is 0.181 e. The monoisotopic (exact) mass is 272 g/mol. The summed E-state index contributed by atoms with van der Waals surface area (Å²) in [6.07, 6.45) is 4.66. The largest absolute Gasteiger partial charge is 0.448 e. The van der Waals surface area contributed by atoms with Crippen molar-refractivity contribution in [2.45, 2.75) is 52.1 Å². The van der Waals surface area contributed by atoms with Gasteiger partial charge in [0.15, 0.2) is 6.39 Å². The van der Waals surface area contributed by atoms with Crippen LogP contribution >= 0.6 is 0 Å². The van der Waals surface area contributed by atoms with E-state index >= 15 is 0 Å². The number of nitrogens with zero attached hydrogens (tertiary/aromatic N) is 1. The van der Waals surface area contributed by atoms with Crippen molar-refractivity contribution < 1.29 is 4.42 Å². The predicted molar refractivity (Wildman–Crippen MR) is 81.6 cm³/mol. The van der Waals surface area contributed by atoms with Gasteiger partial charge in [0.1, 0.15) is 5.76 Å². The van der Waals surface area contributed by atoms with Crippen molar-refractivity contribution in [3.63, 3.8) is 0 Å². The smallest absolute Gasteiger partial charge is 0.181 e. The molecule has 0 fully saturated rings. The van der Waals surface area contributed by atoms with Crippen LogP contribution in [-0.2, 0) is 19.4 Å². The van der Waals surface area contributed by atoms with Gasteiger partial charge in [-0.15, -0.1) is 0 Å². The van der Waals surface area contributed by atoms with Crippen molar-refractivity contribution >= 4 is 0 Å². The zero-order valence-electron chi connectivity index (χ0n) is 12.6. The van der Waals surface area contributed by atoms with Crippen LogP contribution in [0.4, 0.5) is 0 Å². The Morgan fingerprint density at radius 3 is 2.55 bits per heavy atom. The van der Waals surface area contributed by atoms with Gasteiger partial charge >= 0.3 is 0 Å². The van der Waals surface area contributed by atoms with E-state index in [1.807, 2.05) is 0 Å². The summed E-state index contributed by atoms with van der Waals surface area (Å²) in [6, 6.07) is 10.6. The van der Waals surface area contributed by atoms with Crippen LogP contribution in [0.25, 0.3) is 0 Å². The van der Waals surface area contributed by atoms with Gasteiger partial charge in [0.05, 0.1) is 5.69 Å². The van der Waals surface area contributed by atoms with Crippen LogP contribution in [0.2, 0.25) is 0 Å². The highest BCUT2D eigenvalue weighted by Crippen LogP contribution is 2.13. The third-order valence-corrected chi connectivity index (χ3v) is 3.22. The van der Waals surface area contributed by atoms with E-state index in [9.17, 15) is 0 Å². The molecule has 0 spiro atoms. The Morgan fingerprint density at radius 1 is 1.10 bits per heavy atom. The summed E-state index contributed by atoms with van der Waals surface area (Å²) in [5.41, 5.74) is 2.51. The lowest BCUT2D eigenvalue weighted by Crippen LogP contribution is -2.35. The van der Waals surface area contributed by atoms with Gasteiger partial charge in [-0.25, -0.2) is 4.98 Å². The van der Waals surface area contributed by atoms with Crippen molar-refractivity contribution in [3.05, 3.63) is 53.7 Å². The molecule has 0 radical (unpaired) electrons. The quantitative estimate of drug-likeness (QED) is 0.870. The average Bonchev–Trinajstić information content (AvgIpc) is 2.84. The summed E-state index contributed by atoms with van der Waals surface area (Å²) < 4.78 is 5.52. The van der Waals surface area contributed by atoms with Crippen LogP contribution in [0, 0.1) is 0 Å². The van der Waals surface area contributed by atoms with Gasteiger partial charge in [-0.05, 0) is 39.2 Å². The maximum absolute atomic E-state index is 5.52. The van der Waals surface area contributed by atoms with Crippen molar-refractivity contribution in [2.24, 2.45) is 0 Å². The molecule has 1 N–H and O–H groups in total. The summed E-state index contributed by atoms with van der Waals surface area (Å²) in [4.78, 5) is 4.32. The molecule has 0 amide bonds. The first kappa shape index (κ1) is 14.8. The summed E-state index contributed by atoms with van der Waals surface area (Å²) in [6.45, 7) is 7.23. The lowest BCUT2D eigenvalue weighted by atomic mass is 10.1. The highest BCUT2D eigenvalue weighted by molar-refractivity contribution is 5.15. The molecule has 3 heteroatoms. The number of benzene rings is 1. The SMILES string of the molecule is CC(C)(C)NCc1ncoc1CCCc1ccccc1. The summed E-state index contributed by atoms with van der Waals surface area (Å²) in [7, 11) is 0. The second-order valence-electron chi connectivity index (χ2n) is 6.16. The van der Waals surface area contributed by atoms with Crippen LogP contribution < -0.4 is 5.32 Å². The number of aryl methyl sites for hydroxylation is 2. The molecule has 0 aliphatic heterocycles. The Hall–Kier alpha value is -1.61. The van der Waals surface area contributed by atoms with Gasteiger partial charge in [0.2, 0.25) is 0 Å². The van der Waals surface area contributed by atoms with Gasteiger partial charge in [-0.1, -0.05) is 30.3 Å². The van der Waals surface area contributed by atoms with Gasteiger partial charge in [-0.2, -0.15) is 0 Å². The molecule has 0 atom stereocenters. The van der Waals surface area contributed by atoms with E-state index in [-0.39, 0.29) is 5.54 Å². The maximum atomic E-state index is 5.52. The molecule has 1 aromatic heterocycles. The fraction of sp³-hybridized carbons (Fsp3) is 0.471. The molecule has 3 nitrogen and oxygen atoms in total. The zero-order chi connectivity index (χ0) is 14.4. The third-order valence-electron chi connectivity index (χ3n) is 3.22. The lowest BCUT2D eigenvalue weighted by Gasteiger charge is -2.19. The molecule has 20 heavy (non-hydrogen) atoms. The van der Waals surface area contributed by atoms with Crippen molar-refractivity contribution in [1.82, 2.24) is 10.3 Å². The van der Waals surface area contributed by atoms with Crippen LogP contribution in [-0.4, -0.2) is 10.5 Å². The van der Waals surface area contributed by atoms with Crippen LogP contribution in [0.5, 0.6) is 0 Å². The van der Waals surface area contributed by atoms with Gasteiger partial charge in [0.25, 0.3) is 0 Å². The third kappa shape index (κ3) is 4.82. The molecular formula is C17H24N2O. The zero-order valence-corrected chi connectivity index (χ0v) is 12.6. The fourth-order valence-electron chi connectivity index (χ4n) is 2.09. The Bertz CT molecular complexity index is 511. The molecule has 2 aromatic rings. The molecule has 0 bridgehead atoms. The molecule has 0 saturated carbocycles. The van der Waals surface area contributed by atoms with Crippen LogP contribution in [0.15, 0.2) is 41.1 Å². The van der Waals surface area contributed by atoms with E-state index in [0.29, 0.717) is 0 Å². The number of hydrogen-bond acceptors (Lipinski definition) is 3. The topological polar surface area (TPSA) is 38.1 Å². The number of oxazole rings is 1. The Morgan fingerprint density at radius 2 is 1.85 bits per heavy atom. The first-order chi connectivity index (χ1) is 9.54. The standard InChI is InChI=1S/C17H24N2O/c1-17(2,3)19-12-15-16(20-13-18-15)11-7-10-14-8-5-4-6-9-14/h4-6,8-9,13,19H,7,10-12H2,1-3H3. The van der Waals surface area contributed by atoms with E-state index in [1.165, 1.54) is 5.56 Å². The van der Waals surface area contributed by atoms with Gasteiger partial charge in [-0.3, -0.25) is 0 Å². The highest BCUT2D eigenvalue weighted by atomic mass is 16.3. The summed E-state index contributed by atoms with van der Waals surface area (Å²) in [5.74, 6) is 1.01. The second-order valence-corrected chi connectivity index (χ2v) is 6.16. The first-order valence-corrected chi connectivity index (χ1v) is 7.25. The number of nitrogens with one attached hydrogen (secondary N) is 1. The Labute approximate surface area is 121 Å². The highest BCUT2D eigenvalue weighted by Gasteiger charge is 2.13. The summed E-state index contributed by atoms with van der Waals surface area (Å²) >= 11 is 0. The molecule has 1 aromatic carbocycles. The number of aromatic nitrogens is 1. The molecule has 2 rings (SSSR count). The van der Waals surface area contributed by atoms with Crippen LogP contribution in [0.3, 0.4) is 0 Å². The molecule has 0 unspecified atom stereocenters. The van der Waals surface area contributed by atoms with Crippen molar-refractivity contribution in [2.75, 3.05) is 0 Å². The second kappa shape index (κ2) is 6.71. The van der Waals surface area contributed by atoms with E-state index in [1.54, 1.807) is 6.39 Å². The minimum atomic E-state index is 0.0975. The normalized spacial score (nSPS) is 11.8. The number of hydrogen-bond donors (Lipinski definition) is 1. The Balaban J connectivity index is 1.83. The van der Waals surface area contributed by atoms with E-state index < -0.39 is 0 Å². The predicted octanol–water partition coefficient (Wildman–Crippen LogP) is 3.74. The van der Waals surface area contributed by atoms with Crippen molar-refractivity contribution in [3.8, 4) is 0 Å². The lowest BCUT2D eigenvalue weighted by molar-refractivity contribution is 0.417. The van der Waals surface area contributed by atoms with E-state index in [2.05, 4.69) is 61.4 Å². The average molecular weight is 272 g/mol. The van der Waals surface area contributed by atoms with Gasteiger partial charge in [0, 0.05) is 18.5 Å². The molecule has 1 heterocycles.